The van der Waals surface area contributed by atoms with Gasteiger partial charge < -0.3 is 14.8 Å². The number of benzene rings is 1. The number of nitrogens with zero attached hydrogens (tertiary/aromatic N) is 2. The highest BCUT2D eigenvalue weighted by molar-refractivity contribution is 9.10. The summed E-state index contributed by atoms with van der Waals surface area (Å²) in [6.07, 6.45) is 2.82. The van der Waals surface area contributed by atoms with Gasteiger partial charge in [-0.05, 0) is 17.7 Å². The number of fused-ring (bicyclic) bond motifs is 1. The third-order valence-corrected chi connectivity index (χ3v) is 3.83. The van der Waals surface area contributed by atoms with Gasteiger partial charge in [0, 0.05) is 36.7 Å². The summed E-state index contributed by atoms with van der Waals surface area (Å²) in [5.74, 6) is 2.46. The van der Waals surface area contributed by atoms with Crippen LogP contribution < -0.4 is 14.8 Å². The van der Waals surface area contributed by atoms with E-state index in [-0.39, 0.29) is 0 Å². The van der Waals surface area contributed by atoms with E-state index in [0.717, 1.165) is 33.8 Å². The molecule has 0 aliphatic carbocycles. The van der Waals surface area contributed by atoms with Crippen LogP contribution in [-0.4, -0.2) is 23.0 Å². The zero-order chi connectivity index (χ0) is 13.9. The van der Waals surface area contributed by atoms with Crippen LogP contribution in [0.25, 0.3) is 0 Å². The molecule has 20 heavy (non-hydrogen) atoms. The Kier molecular flexibility index (Phi) is 3.82. The van der Waals surface area contributed by atoms with Gasteiger partial charge in [-0.25, -0.2) is 0 Å². The lowest BCUT2D eigenvalue weighted by atomic mass is 10.2. The molecule has 3 rings (SSSR count). The molecule has 0 radical (unpaired) electrons. The molecule has 2 heterocycles. The van der Waals surface area contributed by atoms with Crippen LogP contribution in [0.1, 0.15) is 12.0 Å². The molecule has 1 aromatic carbocycles. The van der Waals surface area contributed by atoms with Crippen molar-refractivity contribution in [1.29, 1.82) is 0 Å². The molecule has 1 aliphatic rings. The Morgan fingerprint density at radius 3 is 2.75 bits per heavy atom. The van der Waals surface area contributed by atoms with Gasteiger partial charge in [0.1, 0.15) is 5.82 Å². The molecule has 2 aromatic rings. The summed E-state index contributed by atoms with van der Waals surface area (Å²) in [7, 11) is 1.90. The topological polar surface area (TPSA) is 48.3 Å². The minimum Gasteiger partial charge on any atom is -0.490 e. The average Bonchev–Trinajstić information content (AvgIpc) is 2.71. The van der Waals surface area contributed by atoms with Crippen LogP contribution in [-0.2, 0) is 13.6 Å². The fourth-order valence-electron chi connectivity index (χ4n) is 2.06. The van der Waals surface area contributed by atoms with Gasteiger partial charge in [0.05, 0.1) is 13.2 Å². The average molecular weight is 338 g/mol. The van der Waals surface area contributed by atoms with Crippen molar-refractivity contribution in [3.8, 4) is 11.5 Å². The SMILES string of the molecule is Cn1ccc(NCc2cc3c(cc2Br)OCCCO3)n1. The first-order chi connectivity index (χ1) is 9.72. The van der Waals surface area contributed by atoms with Crippen molar-refractivity contribution in [1.82, 2.24) is 9.78 Å². The number of rotatable bonds is 3. The maximum absolute atomic E-state index is 5.71. The molecule has 0 unspecified atom stereocenters. The Bertz CT molecular complexity index is 612. The standard InChI is InChI=1S/C14H16BrN3O2/c1-18-4-3-14(17-18)16-9-10-7-12-13(8-11(10)15)20-6-2-5-19-12/h3-4,7-8H,2,5-6,9H2,1H3,(H,16,17). The van der Waals surface area contributed by atoms with Crippen molar-refractivity contribution in [2.24, 2.45) is 7.05 Å². The van der Waals surface area contributed by atoms with E-state index in [0.29, 0.717) is 19.8 Å². The summed E-state index contributed by atoms with van der Waals surface area (Å²) in [6, 6.07) is 5.92. The Balaban J connectivity index is 1.77. The van der Waals surface area contributed by atoms with E-state index in [1.165, 1.54) is 0 Å². The molecule has 0 fully saturated rings. The van der Waals surface area contributed by atoms with Gasteiger partial charge in [-0.2, -0.15) is 5.10 Å². The number of anilines is 1. The molecule has 106 valence electrons. The largest absolute Gasteiger partial charge is 0.490 e. The van der Waals surface area contributed by atoms with E-state index in [1.54, 1.807) is 4.68 Å². The number of aryl methyl sites for hydroxylation is 1. The van der Waals surface area contributed by atoms with Crippen LogP contribution in [0.4, 0.5) is 5.82 Å². The van der Waals surface area contributed by atoms with Gasteiger partial charge in [0.2, 0.25) is 0 Å². The zero-order valence-corrected chi connectivity index (χ0v) is 12.8. The van der Waals surface area contributed by atoms with Crippen LogP contribution in [0.15, 0.2) is 28.9 Å². The second-order valence-corrected chi connectivity index (χ2v) is 5.52. The van der Waals surface area contributed by atoms with Gasteiger partial charge >= 0.3 is 0 Å². The van der Waals surface area contributed by atoms with E-state index in [4.69, 9.17) is 9.47 Å². The van der Waals surface area contributed by atoms with E-state index in [1.807, 2.05) is 31.4 Å². The summed E-state index contributed by atoms with van der Waals surface area (Å²) >= 11 is 3.58. The van der Waals surface area contributed by atoms with E-state index < -0.39 is 0 Å². The van der Waals surface area contributed by atoms with E-state index >= 15 is 0 Å². The Labute approximate surface area is 126 Å². The predicted molar refractivity (Wildman–Crippen MR) is 80.3 cm³/mol. The van der Waals surface area contributed by atoms with Crippen molar-refractivity contribution in [3.05, 3.63) is 34.4 Å². The molecule has 6 heteroatoms. The van der Waals surface area contributed by atoms with Crippen molar-refractivity contribution in [2.45, 2.75) is 13.0 Å². The van der Waals surface area contributed by atoms with Crippen molar-refractivity contribution in [2.75, 3.05) is 18.5 Å². The minimum absolute atomic E-state index is 0.675. The second kappa shape index (κ2) is 5.75. The number of nitrogens with one attached hydrogen (secondary N) is 1. The van der Waals surface area contributed by atoms with Crippen LogP contribution in [0, 0.1) is 0 Å². The molecule has 1 N–H and O–H groups in total. The summed E-state index contributed by atoms with van der Waals surface area (Å²) in [6.45, 7) is 2.07. The fraction of sp³-hybridized carbons (Fsp3) is 0.357. The first-order valence-electron chi connectivity index (χ1n) is 6.54. The van der Waals surface area contributed by atoms with E-state index in [2.05, 4.69) is 26.3 Å². The third-order valence-electron chi connectivity index (χ3n) is 3.09. The Hall–Kier alpha value is -1.69. The molecule has 0 atom stereocenters. The maximum Gasteiger partial charge on any atom is 0.162 e. The Morgan fingerprint density at radius 2 is 2.05 bits per heavy atom. The number of hydrogen-bond acceptors (Lipinski definition) is 4. The molecule has 0 saturated heterocycles. The molecule has 0 amide bonds. The molecule has 1 aromatic heterocycles. The fourth-order valence-corrected chi connectivity index (χ4v) is 2.52. The summed E-state index contributed by atoms with van der Waals surface area (Å²) in [4.78, 5) is 0. The highest BCUT2D eigenvalue weighted by Crippen LogP contribution is 2.35. The van der Waals surface area contributed by atoms with Gasteiger partial charge in [-0.3, -0.25) is 4.68 Å². The van der Waals surface area contributed by atoms with Gasteiger partial charge in [-0.15, -0.1) is 0 Å². The highest BCUT2D eigenvalue weighted by atomic mass is 79.9. The number of hydrogen-bond donors (Lipinski definition) is 1. The lowest BCUT2D eigenvalue weighted by Gasteiger charge is -2.12. The molecule has 5 nitrogen and oxygen atoms in total. The zero-order valence-electron chi connectivity index (χ0n) is 11.2. The maximum atomic E-state index is 5.71. The van der Waals surface area contributed by atoms with Gasteiger partial charge in [-0.1, -0.05) is 15.9 Å². The van der Waals surface area contributed by atoms with Gasteiger partial charge in [0.15, 0.2) is 11.5 Å². The Morgan fingerprint density at radius 1 is 1.30 bits per heavy atom. The summed E-state index contributed by atoms with van der Waals surface area (Å²) in [5.41, 5.74) is 1.11. The van der Waals surface area contributed by atoms with Crippen molar-refractivity contribution < 1.29 is 9.47 Å². The first kappa shape index (κ1) is 13.3. The summed E-state index contributed by atoms with van der Waals surface area (Å²) < 4.78 is 14.1. The quantitative estimate of drug-likeness (QED) is 0.935. The minimum atomic E-state index is 0.675. The summed E-state index contributed by atoms with van der Waals surface area (Å²) in [5, 5.41) is 7.58. The van der Waals surface area contributed by atoms with E-state index in [9.17, 15) is 0 Å². The number of aromatic nitrogens is 2. The smallest absolute Gasteiger partial charge is 0.162 e. The molecule has 0 spiro atoms. The lowest BCUT2D eigenvalue weighted by Crippen LogP contribution is -2.03. The molecule has 0 saturated carbocycles. The molecule has 1 aliphatic heterocycles. The molecule has 0 bridgehead atoms. The van der Waals surface area contributed by atoms with Crippen LogP contribution in [0.2, 0.25) is 0 Å². The third kappa shape index (κ3) is 2.90. The van der Waals surface area contributed by atoms with Crippen molar-refractivity contribution in [3.63, 3.8) is 0 Å². The van der Waals surface area contributed by atoms with Crippen LogP contribution in [0.3, 0.4) is 0 Å². The normalized spacial score (nSPS) is 13.9. The molecular formula is C14H16BrN3O2. The second-order valence-electron chi connectivity index (χ2n) is 4.67. The van der Waals surface area contributed by atoms with Crippen LogP contribution >= 0.6 is 15.9 Å². The monoisotopic (exact) mass is 337 g/mol. The lowest BCUT2D eigenvalue weighted by molar-refractivity contribution is 0.297. The molecular weight excluding hydrogens is 322 g/mol. The number of halogens is 1. The highest BCUT2D eigenvalue weighted by Gasteiger charge is 2.13. The number of ether oxygens (including phenoxy) is 2. The van der Waals surface area contributed by atoms with Gasteiger partial charge in [0.25, 0.3) is 0 Å². The van der Waals surface area contributed by atoms with Crippen molar-refractivity contribution >= 4 is 21.7 Å². The first-order valence-corrected chi connectivity index (χ1v) is 7.33. The van der Waals surface area contributed by atoms with Crippen LogP contribution in [0.5, 0.6) is 11.5 Å². The predicted octanol–water partition coefficient (Wildman–Crippen LogP) is 2.96.